The van der Waals surface area contributed by atoms with Crippen LogP contribution < -0.4 is 10.1 Å². The minimum absolute atomic E-state index is 0.163. The van der Waals surface area contributed by atoms with Gasteiger partial charge in [-0.25, -0.2) is 4.39 Å². The molecule has 5 nitrogen and oxygen atoms in total. The molecular formula is C24H30FN3O2. The summed E-state index contributed by atoms with van der Waals surface area (Å²) in [6, 6.07) is 11.2. The molecule has 1 atom stereocenters. The maximum Gasteiger partial charge on any atom is 0.131 e. The van der Waals surface area contributed by atoms with Crippen LogP contribution in [0.3, 0.4) is 0 Å². The van der Waals surface area contributed by atoms with Crippen molar-refractivity contribution in [3.8, 4) is 5.75 Å². The Labute approximate surface area is 177 Å². The second kappa shape index (κ2) is 8.66. The van der Waals surface area contributed by atoms with Crippen LogP contribution in [0.2, 0.25) is 0 Å². The zero-order chi connectivity index (χ0) is 21.9. The minimum atomic E-state index is -1.40. The summed E-state index contributed by atoms with van der Waals surface area (Å²) in [5.74, 6) is 0.544. The summed E-state index contributed by atoms with van der Waals surface area (Å²) in [5.41, 5.74) is 0.720. The summed E-state index contributed by atoms with van der Waals surface area (Å²) in [6.07, 6.45) is 3.50. The number of alkyl halides is 1. The van der Waals surface area contributed by atoms with E-state index in [9.17, 15) is 9.50 Å². The first-order chi connectivity index (χ1) is 14.1. The smallest absolute Gasteiger partial charge is 0.131 e. The molecule has 3 rings (SSSR count). The molecule has 0 saturated heterocycles. The molecule has 6 heteroatoms. The molecule has 0 spiro atoms. The molecule has 3 aromatic rings. The first-order valence-corrected chi connectivity index (χ1v) is 10.2. The molecule has 0 aliphatic rings. The number of fused-ring (bicyclic) bond motifs is 1. The van der Waals surface area contributed by atoms with Crippen LogP contribution in [0.15, 0.2) is 48.8 Å². The molecule has 30 heavy (non-hydrogen) atoms. The summed E-state index contributed by atoms with van der Waals surface area (Å²) in [5, 5.41) is 15.3. The molecule has 0 fully saturated rings. The van der Waals surface area contributed by atoms with Crippen LogP contribution in [0.25, 0.3) is 11.0 Å². The number of rotatable bonds is 8. The van der Waals surface area contributed by atoms with Gasteiger partial charge in [0.1, 0.15) is 17.0 Å². The van der Waals surface area contributed by atoms with Gasteiger partial charge in [-0.15, -0.1) is 0 Å². The zero-order valence-electron chi connectivity index (χ0n) is 18.2. The molecule has 2 N–H and O–H groups in total. The number of benzene rings is 2. The maximum absolute atomic E-state index is 14.3. The number of halogens is 1. The highest BCUT2D eigenvalue weighted by Gasteiger charge is 2.35. The van der Waals surface area contributed by atoms with E-state index in [0.717, 1.165) is 11.1 Å². The highest BCUT2D eigenvalue weighted by atomic mass is 19.1. The van der Waals surface area contributed by atoms with Crippen LogP contribution in [0, 0.1) is 0 Å². The van der Waals surface area contributed by atoms with Gasteiger partial charge in [-0.05, 0) is 49.2 Å². The molecule has 0 aliphatic carbocycles. The number of hydrogen-bond acceptors (Lipinski definition) is 5. The lowest BCUT2D eigenvalue weighted by Gasteiger charge is -2.32. The van der Waals surface area contributed by atoms with Crippen molar-refractivity contribution < 1.29 is 14.2 Å². The van der Waals surface area contributed by atoms with E-state index in [4.69, 9.17) is 4.74 Å². The summed E-state index contributed by atoms with van der Waals surface area (Å²) >= 11 is 0. The highest BCUT2D eigenvalue weighted by Crippen LogP contribution is 2.37. The third kappa shape index (κ3) is 4.94. The van der Waals surface area contributed by atoms with E-state index < -0.39 is 11.3 Å². The summed E-state index contributed by atoms with van der Waals surface area (Å²) in [7, 11) is 1.57. The molecule has 1 heterocycles. The number of ether oxygens (including phenoxy) is 1. The Hall–Kier alpha value is -2.57. The SMILES string of the molecule is COc1ccc(CC(C)(C)F)cc1C(O)(CNC(C)C)c1ccc2nccnc2c1. The van der Waals surface area contributed by atoms with Gasteiger partial charge in [0.05, 0.1) is 18.1 Å². The number of aromatic nitrogens is 2. The van der Waals surface area contributed by atoms with Crippen molar-refractivity contribution in [1.29, 1.82) is 0 Å². The fourth-order valence-electron chi connectivity index (χ4n) is 3.60. The van der Waals surface area contributed by atoms with E-state index in [1.165, 1.54) is 0 Å². The number of hydrogen-bond donors (Lipinski definition) is 2. The largest absolute Gasteiger partial charge is 0.496 e. The first-order valence-electron chi connectivity index (χ1n) is 10.2. The van der Waals surface area contributed by atoms with Crippen molar-refractivity contribution in [2.24, 2.45) is 0 Å². The molecule has 160 valence electrons. The van der Waals surface area contributed by atoms with Crippen molar-refractivity contribution >= 4 is 11.0 Å². The molecular weight excluding hydrogens is 381 g/mol. The first kappa shape index (κ1) is 22.1. The molecule has 0 amide bonds. The van der Waals surface area contributed by atoms with E-state index in [2.05, 4.69) is 15.3 Å². The van der Waals surface area contributed by atoms with Crippen LogP contribution in [-0.4, -0.2) is 40.4 Å². The Morgan fingerprint density at radius 3 is 2.40 bits per heavy atom. The third-order valence-corrected chi connectivity index (χ3v) is 5.05. The van der Waals surface area contributed by atoms with Gasteiger partial charge in [0, 0.05) is 37.0 Å². The molecule has 0 bridgehead atoms. The lowest BCUT2D eigenvalue weighted by Crippen LogP contribution is -2.42. The molecule has 0 radical (unpaired) electrons. The van der Waals surface area contributed by atoms with Crippen LogP contribution in [0.5, 0.6) is 5.75 Å². The molecule has 0 saturated carbocycles. The van der Waals surface area contributed by atoms with Crippen molar-refractivity contribution in [2.75, 3.05) is 13.7 Å². The predicted molar refractivity (Wildman–Crippen MR) is 118 cm³/mol. The van der Waals surface area contributed by atoms with E-state index in [1.807, 2.05) is 44.2 Å². The van der Waals surface area contributed by atoms with Crippen LogP contribution in [0.4, 0.5) is 4.39 Å². The zero-order valence-corrected chi connectivity index (χ0v) is 18.2. The normalized spacial score (nSPS) is 14.1. The second-order valence-electron chi connectivity index (χ2n) is 8.59. The lowest BCUT2D eigenvalue weighted by atomic mass is 9.83. The van der Waals surface area contributed by atoms with Crippen molar-refractivity contribution in [1.82, 2.24) is 15.3 Å². The third-order valence-electron chi connectivity index (χ3n) is 5.05. The number of nitrogens with zero attached hydrogens (tertiary/aromatic N) is 2. The number of nitrogens with one attached hydrogen (secondary N) is 1. The fourth-order valence-corrected chi connectivity index (χ4v) is 3.60. The number of methoxy groups -OCH3 is 1. The van der Waals surface area contributed by atoms with Gasteiger partial charge in [0.15, 0.2) is 0 Å². The highest BCUT2D eigenvalue weighted by molar-refractivity contribution is 5.75. The van der Waals surface area contributed by atoms with Gasteiger partial charge < -0.3 is 15.2 Å². The lowest BCUT2D eigenvalue weighted by molar-refractivity contribution is 0.0748. The van der Waals surface area contributed by atoms with Gasteiger partial charge in [0.25, 0.3) is 0 Å². The Morgan fingerprint density at radius 2 is 1.77 bits per heavy atom. The summed E-state index contributed by atoms with van der Waals surface area (Å²) in [6.45, 7) is 7.39. The molecule has 1 aromatic heterocycles. The average molecular weight is 412 g/mol. The van der Waals surface area contributed by atoms with E-state index >= 15 is 0 Å². The Balaban J connectivity index is 2.17. The van der Waals surface area contributed by atoms with Gasteiger partial charge >= 0.3 is 0 Å². The van der Waals surface area contributed by atoms with Gasteiger partial charge in [-0.1, -0.05) is 26.0 Å². The predicted octanol–water partition coefficient (Wildman–Crippen LogP) is 4.16. The topological polar surface area (TPSA) is 67.3 Å². The Kier molecular flexibility index (Phi) is 6.38. The second-order valence-corrected chi connectivity index (χ2v) is 8.59. The van der Waals surface area contributed by atoms with Crippen LogP contribution in [0.1, 0.15) is 44.4 Å². The van der Waals surface area contributed by atoms with E-state index in [1.54, 1.807) is 39.4 Å². The quantitative estimate of drug-likeness (QED) is 0.583. The molecule has 1 unspecified atom stereocenters. The van der Waals surface area contributed by atoms with Gasteiger partial charge in [-0.2, -0.15) is 0 Å². The molecule has 2 aromatic carbocycles. The fraction of sp³-hybridized carbons (Fsp3) is 0.417. The average Bonchev–Trinajstić information content (AvgIpc) is 2.70. The summed E-state index contributed by atoms with van der Waals surface area (Å²) < 4.78 is 19.9. The van der Waals surface area contributed by atoms with Gasteiger partial charge in [-0.3, -0.25) is 9.97 Å². The maximum atomic E-state index is 14.3. The van der Waals surface area contributed by atoms with Crippen LogP contribution >= 0.6 is 0 Å². The molecule has 0 aliphatic heterocycles. The standard InChI is InChI=1S/C24H30FN3O2/c1-16(2)28-15-24(29,18-7-8-20-21(13-18)27-11-10-26-20)19-12-17(14-23(3,4)25)6-9-22(19)30-5/h6-13,16,28-29H,14-15H2,1-5H3. The van der Waals surface area contributed by atoms with Crippen molar-refractivity contribution in [2.45, 2.75) is 51.4 Å². The Morgan fingerprint density at radius 1 is 1.07 bits per heavy atom. The van der Waals surface area contributed by atoms with Crippen molar-refractivity contribution in [3.05, 3.63) is 65.5 Å². The van der Waals surface area contributed by atoms with Crippen molar-refractivity contribution in [3.63, 3.8) is 0 Å². The monoisotopic (exact) mass is 411 g/mol. The summed E-state index contributed by atoms with van der Waals surface area (Å²) in [4.78, 5) is 8.69. The van der Waals surface area contributed by atoms with E-state index in [-0.39, 0.29) is 19.0 Å². The Bertz CT molecular complexity index is 1020. The van der Waals surface area contributed by atoms with Crippen LogP contribution in [-0.2, 0) is 12.0 Å². The van der Waals surface area contributed by atoms with E-state index in [0.29, 0.717) is 22.4 Å². The van der Waals surface area contributed by atoms with Gasteiger partial charge in [0.2, 0.25) is 0 Å². The minimum Gasteiger partial charge on any atom is -0.496 e. The number of aliphatic hydroxyl groups is 1.